The number of pyridine rings is 1. The number of benzene rings is 1. The van der Waals surface area contributed by atoms with Gasteiger partial charge in [0.25, 0.3) is 11.5 Å². The van der Waals surface area contributed by atoms with Crippen molar-refractivity contribution in [2.24, 2.45) is 0 Å². The summed E-state index contributed by atoms with van der Waals surface area (Å²) in [6.07, 6.45) is 2.56. The number of rotatable bonds is 3. The second kappa shape index (κ2) is 6.43. The Hall–Kier alpha value is -3.08. The second-order valence-electron chi connectivity index (χ2n) is 6.18. The van der Waals surface area contributed by atoms with Crippen LogP contribution in [-0.4, -0.2) is 21.9 Å². The summed E-state index contributed by atoms with van der Waals surface area (Å²) < 4.78 is 7.24. The number of hydrogen-bond acceptors (Lipinski definition) is 3. The summed E-state index contributed by atoms with van der Waals surface area (Å²) in [6, 6.07) is 16.6. The van der Waals surface area contributed by atoms with E-state index in [-0.39, 0.29) is 11.5 Å². The van der Waals surface area contributed by atoms with Crippen molar-refractivity contribution in [3.05, 3.63) is 93.8 Å². The van der Waals surface area contributed by atoms with Crippen LogP contribution in [0.3, 0.4) is 0 Å². The van der Waals surface area contributed by atoms with Gasteiger partial charge in [-0.15, -0.1) is 0 Å². The summed E-state index contributed by atoms with van der Waals surface area (Å²) in [4.78, 5) is 26.3. The molecule has 0 aliphatic carbocycles. The van der Waals surface area contributed by atoms with Gasteiger partial charge in [0.1, 0.15) is 5.76 Å². The molecule has 0 spiro atoms. The van der Waals surface area contributed by atoms with Gasteiger partial charge in [-0.25, -0.2) is 0 Å². The molecule has 0 radical (unpaired) electrons. The van der Waals surface area contributed by atoms with Crippen molar-refractivity contribution >= 4 is 5.91 Å². The highest BCUT2D eigenvalue weighted by Crippen LogP contribution is 2.21. The molecule has 0 fully saturated rings. The summed E-state index contributed by atoms with van der Waals surface area (Å²) in [5.41, 5.74) is 2.39. The minimum Gasteiger partial charge on any atom is -0.454 e. The van der Waals surface area contributed by atoms with E-state index in [2.05, 4.69) is 12.1 Å². The summed E-state index contributed by atoms with van der Waals surface area (Å²) in [6.45, 7) is 1.60. The van der Waals surface area contributed by atoms with Crippen LogP contribution < -0.4 is 5.56 Å². The van der Waals surface area contributed by atoms with E-state index in [1.54, 1.807) is 39.9 Å². The molecule has 5 heteroatoms. The maximum absolute atomic E-state index is 12.7. The lowest BCUT2D eigenvalue weighted by molar-refractivity contribution is 0.0700. The number of aromatic nitrogens is 1. The minimum atomic E-state index is -0.110. The highest BCUT2D eigenvalue weighted by molar-refractivity contribution is 5.91. The summed E-state index contributed by atoms with van der Waals surface area (Å²) in [5, 5.41) is 0. The average Bonchev–Trinajstić information content (AvgIpc) is 3.11. The van der Waals surface area contributed by atoms with Crippen molar-refractivity contribution in [2.45, 2.75) is 19.5 Å². The van der Waals surface area contributed by atoms with Crippen molar-refractivity contribution < 1.29 is 9.21 Å². The lowest BCUT2D eigenvalue weighted by Gasteiger charge is -2.28. The smallest absolute Gasteiger partial charge is 0.289 e. The van der Waals surface area contributed by atoms with Crippen molar-refractivity contribution in [2.75, 3.05) is 6.54 Å². The van der Waals surface area contributed by atoms with Gasteiger partial charge in [0.2, 0.25) is 0 Å². The zero-order chi connectivity index (χ0) is 17.2. The van der Waals surface area contributed by atoms with Gasteiger partial charge in [-0.3, -0.25) is 9.59 Å². The summed E-state index contributed by atoms with van der Waals surface area (Å²) in [5.74, 6) is 0.800. The Bertz CT molecular complexity index is 971. The van der Waals surface area contributed by atoms with Gasteiger partial charge < -0.3 is 13.9 Å². The van der Waals surface area contributed by atoms with Gasteiger partial charge in [-0.05, 0) is 35.7 Å². The molecule has 1 aliphatic heterocycles. The van der Waals surface area contributed by atoms with Crippen LogP contribution >= 0.6 is 0 Å². The van der Waals surface area contributed by atoms with Crippen molar-refractivity contribution in [1.29, 1.82) is 0 Å². The molecular weight excluding hydrogens is 316 g/mol. The molecule has 4 rings (SSSR count). The largest absolute Gasteiger partial charge is 0.454 e. The van der Waals surface area contributed by atoms with Crippen LogP contribution in [0.25, 0.3) is 0 Å². The van der Waals surface area contributed by atoms with Gasteiger partial charge in [0.05, 0.1) is 6.54 Å². The molecule has 1 amide bonds. The molecule has 25 heavy (non-hydrogen) atoms. The number of carbonyl (C=O) groups is 1. The van der Waals surface area contributed by atoms with E-state index in [0.717, 1.165) is 6.42 Å². The first-order chi connectivity index (χ1) is 12.2. The van der Waals surface area contributed by atoms with E-state index in [1.807, 2.05) is 12.1 Å². The van der Waals surface area contributed by atoms with Gasteiger partial charge in [-0.1, -0.05) is 30.3 Å². The van der Waals surface area contributed by atoms with Crippen LogP contribution in [0, 0.1) is 0 Å². The fourth-order valence-electron chi connectivity index (χ4n) is 3.16. The van der Waals surface area contributed by atoms with Crippen LogP contribution in [0.5, 0.6) is 0 Å². The maximum atomic E-state index is 12.7. The molecule has 1 aromatic carbocycles. The van der Waals surface area contributed by atoms with Gasteiger partial charge in [-0.2, -0.15) is 0 Å². The molecule has 0 unspecified atom stereocenters. The summed E-state index contributed by atoms with van der Waals surface area (Å²) in [7, 11) is 0. The van der Waals surface area contributed by atoms with Crippen LogP contribution in [-0.2, 0) is 19.5 Å². The fraction of sp³-hybridized carbons (Fsp3) is 0.200. The zero-order valence-corrected chi connectivity index (χ0v) is 13.7. The number of carbonyl (C=O) groups excluding carboxylic acids is 1. The molecule has 1 aliphatic rings. The molecular formula is C20H18N2O3. The van der Waals surface area contributed by atoms with E-state index in [9.17, 15) is 9.59 Å². The van der Waals surface area contributed by atoms with E-state index in [0.29, 0.717) is 31.2 Å². The second-order valence-corrected chi connectivity index (χ2v) is 6.18. The highest BCUT2D eigenvalue weighted by Gasteiger charge is 2.23. The first kappa shape index (κ1) is 15.4. The van der Waals surface area contributed by atoms with Gasteiger partial charge in [0, 0.05) is 25.4 Å². The number of fused-ring (bicyclic) bond motifs is 1. The van der Waals surface area contributed by atoms with E-state index < -0.39 is 0 Å². The van der Waals surface area contributed by atoms with Crippen LogP contribution in [0.1, 0.15) is 27.4 Å². The quantitative estimate of drug-likeness (QED) is 0.740. The molecule has 3 aromatic rings. The van der Waals surface area contributed by atoms with Crippen molar-refractivity contribution in [3.8, 4) is 0 Å². The number of furan rings is 1. The molecule has 0 bridgehead atoms. The van der Waals surface area contributed by atoms with E-state index in [4.69, 9.17) is 4.42 Å². The standard InChI is InChI=1S/C20H18N2O3/c23-19-7-3-4-11-21(19)14-17-8-9-18(25-17)20(24)22-12-10-15-5-1-2-6-16(15)13-22/h1-9,11H,10,12-14H2. The number of hydrogen-bond donors (Lipinski definition) is 0. The van der Waals surface area contributed by atoms with E-state index >= 15 is 0 Å². The average molecular weight is 334 g/mol. The Labute approximate surface area is 145 Å². The molecule has 5 nitrogen and oxygen atoms in total. The third-order valence-corrected chi connectivity index (χ3v) is 4.52. The van der Waals surface area contributed by atoms with Crippen LogP contribution in [0.2, 0.25) is 0 Å². The molecule has 126 valence electrons. The molecule has 0 saturated heterocycles. The normalized spacial score (nSPS) is 13.5. The fourth-order valence-corrected chi connectivity index (χ4v) is 3.16. The Balaban J connectivity index is 1.50. The van der Waals surface area contributed by atoms with Crippen LogP contribution in [0.4, 0.5) is 0 Å². The predicted octanol–water partition coefficient (Wildman–Crippen LogP) is 2.69. The minimum absolute atomic E-state index is 0.0978. The first-order valence-electron chi connectivity index (χ1n) is 8.31. The van der Waals surface area contributed by atoms with Crippen LogP contribution in [0.15, 0.2) is 70.0 Å². The molecule has 3 heterocycles. The molecule has 2 aromatic heterocycles. The number of amides is 1. The molecule has 0 atom stereocenters. The third-order valence-electron chi connectivity index (χ3n) is 4.52. The number of nitrogens with zero attached hydrogens (tertiary/aromatic N) is 2. The predicted molar refractivity (Wildman–Crippen MR) is 93.4 cm³/mol. The highest BCUT2D eigenvalue weighted by atomic mass is 16.4. The Morgan fingerprint density at radius 2 is 1.80 bits per heavy atom. The summed E-state index contributed by atoms with van der Waals surface area (Å²) >= 11 is 0. The Kier molecular flexibility index (Phi) is 3.98. The van der Waals surface area contributed by atoms with Crippen molar-refractivity contribution in [3.63, 3.8) is 0 Å². The monoisotopic (exact) mass is 334 g/mol. The Morgan fingerprint density at radius 1 is 1.00 bits per heavy atom. The van der Waals surface area contributed by atoms with E-state index in [1.165, 1.54) is 17.2 Å². The third kappa shape index (κ3) is 3.13. The first-order valence-corrected chi connectivity index (χ1v) is 8.31. The molecule has 0 saturated carbocycles. The molecule has 0 N–H and O–H groups in total. The Morgan fingerprint density at radius 3 is 2.64 bits per heavy atom. The van der Waals surface area contributed by atoms with Crippen molar-refractivity contribution in [1.82, 2.24) is 9.47 Å². The maximum Gasteiger partial charge on any atom is 0.289 e. The zero-order valence-electron chi connectivity index (χ0n) is 13.7. The lowest BCUT2D eigenvalue weighted by atomic mass is 10.00. The topological polar surface area (TPSA) is 55.5 Å². The van der Waals surface area contributed by atoms with Gasteiger partial charge >= 0.3 is 0 Å². The SMILES string of the molecule is O=C(c1ccc(Cn2ccccc2=O)o1)N1CCc2ccccc2C1. The van der Waals surface area contributed by atoms with Gasteiger partial charge in [0.15, 0.2) is 5.76 Å². The lowest BCUT2D eigenvalue weighted by Crippen LogP contribution is -2.35.